The predicted molar refractivity (Wildman–Crippen MR) is 151 cm³/mol. The molecule has 0 spiro atoms. The molecule has 0 bridgehead atoms. The molecule has 0 radical (unpaired) electrons. The Morgan fingerprint density at radius 1 is 1.10 bits per heavy atom. The van der Waals surface area contributed by atoms with Crippen LogP contribution in [0.15, 0.2) is 42.5 Å². The van der Waals surface area contributed by atoms with Crippen molar-refractivity contribution in [1.29, 1.82) is 0 Å². The highest BCUT2D eigenvalue weighted by Gasteiger charge is 2.33. The lowest BCUT2D eigenvalue weighted by Gasteiger charge is -2.32. The third-order valence-corrected chi connectivity index (χ3v) is 7.38. The van der Waals surface area contributed by atoms with E-state index in [0.717, 1.165) is 48.1 Å². The number of nitrogens with zero attached hydrogens (tertiary/aromatic N) is 1. The lowest BCUT2D eigenvalue weighted by Crippen LogP contribution is -2.35. The van der Waals surface area contributed by atoms with Gasteiger partial charge in [0.25, 0.3) is 0 Å². The Balaban J connectivity index is 1.07. The highest BCUT2D eigenvalue weighted by atomic mass is 32.2. The molecule has 9 nitrogen and oxygen atoms in total. The Hall–Kier alpha value is -3.10. The van der Waals surface area contributed by atoms with Crippen LogP contribution < -0.4 is 9.88 Å². The molecular formula is C30H38N2O7S. The first-order chi connectivity index (χ1) is 19.1. The average molecular weight is 571 g/mol. The molecule has 1 saturated heterocycles. The Kier molecular flexibility index (Phi) is 10.1. The topological polar surface area (TPSA) is 117 Å². The van der Waals surface area contributed by atoms with Gasteiger partial charge >= 0.3 is 6.09 Å². The summed E-state index contributed by atoms with van der Waals surface area (Å²) in [5.41, 5.74) is 3.30. The highest BCUT2D eigenvalue weighted by molar-refractivity contribution is 7.88. The van der Waals surface area contributed by atoms with Crippen LogP contribution in [0.4, 0.5) is 4.79 Å². The minimum atomic E-state index is -3.56. The van der Waals surface area contributed by atoms with Crippen LogP contribution in [-0.4, -0.2) is 51.5 Å². The number of unbranched alkanes of at least 4 members (excludes halogenated alkanes) is 3. The number of primary sulfonamides is 1. The summed E-state index contributed by atoms with van der Waals surface area (Å²) in [5, 5.41) is 5.10. The van der Waals surface area contributed by atoms with Gasteiger partial charge < -0.3 is 23.8 Å². The van der Waals surface area contributed by atoms with Crippen LogP contribution in [0.5, 0.6) is 5.75 Å². The number of ether oxygens (including phenoxy) is 4. The number of amides is 1. The Bertz CT molecular complexity index is 1350. The largest absolute Gasteiger partial charge is 0.463 e. The molecule has 40 heavy (non-hydrogen) atoms. The first kappa shape index (κ1) is 29.9. The summed E-state index contributed by atoms with van der Waals surface area (Å²) in [4.78, 5) is 14.2. The van der Waals surface area contributed by atoms with Crippen molar-refractivity contribution in [2.24, 2.45) is 5.14 Å². The minimum absolute atomic E-state index is 0.200. The van der Waals surface area contributed by atoms with Crippen LogP contribution in [0.25, 0.3) is 0 Å². The van der Waals surface area contributed by atoms with Crippen molar-refractivity contribution in [2.45, 2.75) is 70.2 Å². The zero-order valence-corrected chi connectivity index (χ0v) is 24.0. The summed E-state index contributed by atoms with van der Waals surface area (Å²) >= 11 is 0. The number of sulfonamides is 1. The zero-order valence-electron chi connectivity index (χ0n) is 23.2. The van der Waals surface area contributed by atoms with Gasteiger partial charge in [-0.05, 0) is 48.2 Å². The monoisotopic (exact) mass is 570 g/mol. The highest BCUT2D eigenvalue weighted by Crippen LogP contribution is 2.35. The SMILES string of the molecule is CC1(C)OCc2cc([C@@H]3CN(CCCCCCOCCC#Cc4cccc(CS(N)(=O)=O)c4)C(=O)O3)ccc2O1. The smallest absolute Gasteiger partial charge is 0.410 e. The lowest BCUT2D eigenvalue weighted by atomic mass is 10.0. The first-order valence-corrected chi connectivity index (χ1v) is 15.4. The van der Waals surface area contributed by atoms with Gasteiger partial charge in [0.2, 0.25) is 15.8 Å². The molecule has 2 aliphatic rings. The molecule has 1 amide bonds. The number of carbonyl (C=O) groups is 1. The van der Waals surface area contributed by atoms with Gasteiger partial charge in [-0.1, -0.05) is 42.9 Å². The number of benzene rings is 2. The van der Waals surface area contributed by atoms with Crippen LogP contribution >= 0.6 is 0 Å². The first-order valence-electron chi connectivity index (χ1n) is 13.7. The molecule has 0 aromatic heterocycles. The van der Waals surface area contributed by atoms with Crippen molar-refractivity contribution in [3.8, 4) is 17.6 Å². The van der Waals surface area contributed by atoms with Crippen LogP contribution in [0.3, 0.4) is 0 Å². The molecule has 4 rings (SSSR count). The number of nitrogens with two attached hydrogens (primary N) is 1. The number of hydrogen-bond donors (Lipinski definition) is 1. The van der Waals surface area contributed by atoms with Crippen LogP contribution in [0, 0.1) is 11.8 Å². The van der Waals surface area contributed by atoms with Gasteiger partial charge in [0.15, 0.2) is 0 Å². The van der Waals surface area contributed by atoms with E-state index in [1.165, 1.54) is 0 Å². The van der Waals surface area contributed by atoms with Crippen molar-refractivity contribution in [3.05, 3.63) is 64.7 Å². The summed E-state index contributed by atoms with van der Waals surface area (Å²) in [6.45, 7) is 6.68. The summed E-state index contributed by atoms with van der Waals surface area (Å²) in [6, 6.07) is 13.0. The normalized spacial score (nSPS) is 17.9. The Labute approximate surface area is 237 Å². The van der Waals surface area contributed by atoms with Crippen molar-refractivity contribution >= 4 is 16.1 Å². The molecule has 2 aromatic rings. The van der Waals surface area contributed by atoms with E-state index < -0.39 is 15.8 Å². The van der Waals surface area contributed by atoms with Gasteiger partial charge in [-0.2, -0.15) is 0 Å². The molecule has 2 aromatic carbocycles. The van der Waals surface area contributed by atoms with E-state index in [-0.39, 0.29) is 18.0 Å². The molecule has 2 aliphatic heterocycles. The summed E-state index contributed by atoms with van der Waals surface area (Å²) in [5.74, 6) is 6.06. The molecule has 216 valence electrons. The maximum absolute atomic E-state index is 12.4. The molecule has 1 atom stereocenters. The molecule has 10 heteroatoms. The Morgan fingerprint density at radius 3 is 2.75 bits per heavy atom. The van der Waals surface area contributed by atoms with Gasteiger partial charge in [-0.25, -0.2) is 18.4 Å². The molecule has 2 heterocycles. The third-order valence-electron chi connectivity index (χ3n) is 6.64. The summed E-state index contributed by atoms with van der Waals surface area (Å²) < 4.78 is 45.4. The van der Waals surface area contributed by atoms with E-state index >= 15 is 0 Å². The van der Waals surface area contributed by atoms with Crippen LogP contribution in [0.2, 0.25) is 0 Å². The summed E-state index contributed by atoms with van der Waals surface area (Å²) in [6.07, 6.45) is 3.95. The van der Waals surface area contributed by atoms with Gasteiger partial charge in [-0.3, -0.25) is 0 Å². The molecule has 0 aliphatic carbocycles. The maximum Gasteiger partial charge on any atom is 0.410 e. The maximum atomic E-state index is 12.4. The number of hydrogen-bond acceptors (Lipinski definition) is 7. The number of carbonyl (C=O) groups excluding carboxylic acids is 1. The quantitative estimate of drug-likeness (QED) is 0.292. The van der Waals surface area contributed by atoms with Crippen LogP contribution in [-0.2, 0) is 36.6 Å². The van der Waals surface area contributed by atoms with E-state index in [0.29, 0.717) is 44.9 Å². The molecule has 1 fully saturated rings. The van der Waals surface area contributed by atoms with Crippen molar-refractivity contribution in [2.75, 3.05) is 26.3 Å². The fourth-order valence-corrected chi connectivity index (χ4v) is 5.29. The second kappa shape index (κ2) is 13.5. The van der Waals surface area contributed by atoms with E-state index in [1.54, 1.807) is 23.1 Å². The van der Waals surface area contributed by atoms with E-state index in [1.807, 2.05) is 38.1 Å². The number of cyclic esters (lactones) is 1. The second-order valence-corrected chi connectivity index (χ2v) is 12.2. The molecule has 0 unspecified atom stereocenters. The van der Waals surface area contributed by atoms with Crippen molar-refractivity contribution in [1.82, 2.24) is 4.90 Å². The van der Waals surface area contributed by atoms with Crippen molar-refractivity contribution in [3.63, 3.8) is 0 Å². The standard InChI is InChI=1S/C30H38N2O7S/c1-30(2)37-21-26-19-25(13-14-27(26)39-30)28-20-32(29(33)38-28)15-6-3-4-7-16-36-17-8-5-10-23-11-9-12-24(18-23)22-40(31,34)35/h9,11-14,18-19,28H,3-4,6-8,15-17,20-22H2,1-2H3,(H2,31,34,35)/t28-/m0/s1. The fraction of sp³-hybridized carbons (Fsp3) is 0.500. The second-order valence-electron chi connectivity index (χ2n) is 10.6. The van der Waals surface area contributed by atoms with Gasteiger partial charge in [-0.15, -0.1) is 0 Å². The fourth-order valence-electron chi connectivity index (χ4n) is 4.64. The lowest BCUT2D eigenvalue weighted by molar-refractivity contribution is -0.180. The van der Waals surface area contributed by atoms with Crippen molar-refractivity contribution < 1.29 is 32.2 Å². The van der Waals surface area contributed by atoms with E-state index in [4.69, 9.17) is 24.1 Å². The van der Waals surface area contributed by atoms with E-state index in [9.17, 15) is 13.2 Å². The summed E-state index contributed by atoms with van der Waals surface area (Å²) in [7, 11) is -3.56. The number of fused-ring (bicyclic) bond motifs is 1. The van der Waals surface area contributed by atoms with Gasteiger partial charge in [0.05, 0.1) is 25.5 Å². The molecule has 0 saturated carbocycles. The van der Waals surface area contributed by atoms with Gasteiger partial charge in [0.1, 0.15) is 11.9 Å². The van der Waals surface area contributed by atoms with E-state index in [2.05, 4.69) is 11.8 Å². The minimum Gasteiger partial charge on any atom is -0.463 e. The Morgan fingerprint density at radius 2 is 1.93 bits per heavy atom. The number of rotatable bonds is 12. The predicted octanol–water partition coefficient (Wildman–Crippen LogP) is 4.63. The molecular weight excluding hydrogens is 532 g/mol. The van der Waals surface area contributed by atoms with Gasteiger partial charge in [0, 0.05) is 44.5 Å². The average Bonchev–Trinajstić information content (AvgIpc) is 3.26. The zero-order chi connectivity index (χ0) is 28.6. The molecule has 2 N–H and O–H groups in total. The third kappa shape index (κ3) is 9.24. The van der Waals surface area contributed by atoms with Crippen LogP contribution in [0.1, 0.15) is 74.3 Å².